The first-order valence-corrected chi connectivity index (χ1v) is 9.19. The number of hydrogen-bond donors (Lipinski definition) is 2. The first-order chi connectivity index (χ1) is 13.5. The molecule has 28 heavy (non-hydrogen) atoms. The number of benzene rings is 1. The molecule has 0 saturated heterocycles. The van der Waals surface area contributed by atoms with Gasteiger partial charge in [-0.1, -0.05) is 11.6 Å². The Balaban J connectivity index is 1.56. The van der Waals surface area contributed by atoms with Gasteiger partial charge >= 0.3 is 0 Å². The Morgan fingerprint density at radius 1 is 1.18 bits per heavy atom. The number of aromatic nitrogens is 1. The van der Waals surface area contributed by atoms with Gasteiger partial charge in [-0.25, -0.2) is 4.98 Å². The largest absolute Gasteiger partial charge is 0.496 e. The molecule has 2 atom stereocenters. The maximum atomic E-state index is 12.5. The fourth-order valence-corrected chi connectivity index (χ4v) is 3.38. The lowest BCUT2D eigenvalue weighted by Gasteiger charge is -2.16. The van der Waals surface area contributed by atoms with E-state index in [2.05, 4.69) is 15.6 Å². The zero-order chi connectivity index (χ0) is 20.1. The molecule has 1 fully saturated rings. The molecular weight excluding hydrogens is 380 g/mol. The zero-order valence-corrected chi connectivity index (χ0v) is 16.0. The van der Waals surface area contributed by atoms with Crippen LogP contribution in [0.15, 0.2) is 36.5 Å². The van der Waals surface area contributed by atoms with Gasteiger partial charge in [0.2, 0.25) is 0 Å². The third-order valence-electron chi connectivity index (χ3n) is 4.65. The van der Waals surface area contributed by atoms with Crippen molar-refractivity contribution >= 4 is 23.4 Å². The van der Waals surface area contributed by atoms with Crippen LogP contribution in [0.25, 0.3) is 0 Å². The van der Waals surface area contributed by atoms with Crippen molar-refractivity contribution in [3.63, 3.8) is 0 Å². The van der Waals surface area contributed by atoms with Crippen molar-refractivity contribution in [2.24, 2.45) is 0 Å². The Bertz CT molecular complexity index is 924. The SMILES string of the molecule is COc1cc(Cl)ccc1C(=O)N[C@@H]1CC[C@H](NC(=O)c2ccc(C#N)nc2)C1. The fraction of sp³-hybridized carbons (Fsp3) is 0.300. The molecule has 1 heterocycles. The molecule has 0 aliphatic heterocycles. The minimum atomic E-state index is -0.242. The lowest BCUT2D eigenvalue weighted by molar-refractivity contribution is 0.0934. The van der Waals surface area contributed by atoms with E-state index in [0.717, 1.165) is 12.8 Å². The predicted octanol–water partition coefficient (Wildman–Crippen LogP) is 2.70. The van der Waals surface area contributed by atoms with E-state index < -0.39 is 0 Å². The minimum Gasteiger partial charge on any atom is -0.496 e. The van der Waals surface area contributed by atoms with Crippen molar-refractivity contribution in [2.75, 3.05) is 7.11 Å². The van der Waals surface area contributed by atoms with E-state index in [-0.39, 0.29) is 29.6 Å². The summed E-state index contributed by atoms with van der Waals surface area (Å²) < 4.78 is 5.22. The zero-order valence-electron chi connectivity index (χ0n) is 15.2. The van der Waals surface area contributed by atoms with Gasteiger partial charge in [-0.3, -0.25) is 9.59 Å². The van der Waals surface area contributed by atoms with Gasteiger partial charge in [-0.15, -0.1) is 0 Å². The average molecular weight is 399 g/mol. The predicted molar refractivity (Wildman–Crippen MR) is 103 cm³/mol. The Kier molecular flexibility index (Phi) is 6.12. The van der Waals surface area contributed by atoms with E-state index in [1.165, 1.54) is 19.4 Å². The molecule has 0 spiro atoms. The molecule has 8 heteroatoms. The number of hydrogen-bond acceptors (Lipinski definition) is 5. The summed E-state index contributed by atoms with van der Waals surface area (Å²) in [5.74, 6) is -0.0590. The highest BCUT2D eigenvalue weighted by atomic mass is 35.5. The maximum absolute atomic E-state index is 12.5. The van der Waals surface area contributed by atoms with Crippen LogP contribution in [0.3, 0.4) is 0 Å². The number of pyridine rings is 1. The molecule has 1 aliphatic rings. The van der Waals surface area contributed by atoms with Gasteiger partial charge in [-0.05, 0) is 49.6 Å². The van der Waals surface area contributed by atoms with Crippen LogP contribution in [-0.4, -0.2) is 36.0 Å². The fourth-order valence-electron chi connectivity index (χ4n) is 3.22. The monoisotopic (exact) mass is 398 g/mol. The molecule has 1 aromatic carbocycles. The van der Waals surface area contributed by atoms with Crippen molar-refractivity contribution in [3.8, 4) is 11.8 Å². The Hall–Kier alpha value is -3.11. The topological polar surface area (TPSA) is 104 Å². The number of amides is 2. The summed E-state index contributed by atoms with van der Waals surface area (Å²) in [5.41, 5.74) is 1.08. The summed E-state index contributed by atoms with van der Waals surface area (Å²) >= 11 is 5.93. The number of methoxy groups -OCH3 is 1. The molecule has 2 aromatic rings. The van der Waals surface area contributed by atoms with Crippen molar-refractivity contribution in [1.82, 2.24) is 15.6 Å². The molecule has 1 aromatic heterocycles. The lowest BCUT2D eigenvalue weighted by atomic mass is 10.1. The van der Waals surface area contributed by atoms with Crippen LogP contribution < -0.4 is 15.4 Å². The molecule has 2 amide bonds. The van der Waals surface area contributed by atoms with Gasteiger partial charge in [0, 0.05) is 23.3 Å². The van der Waals surface area contributed by atoms with E-state index >= 15 is 0 Å². The van der Waals surface area contributed by atoms with Crippen molar-refractivity contribution in [1.29, 1.82) is 5.26 Å². The average Bonchev–Trinajstić information content (AvgIpc) is 3.14. The summed E-state index contributed by atoms with van der Waals surface area (Å²) in [4.78, 5) is 28.8. The molecular formula is C20H19ClN4O3. The summed E-state index contributed by atoms with van der Waals surface area (Å²) in [5, 5.41) is 15.2. The quantitative estimate of drug-likeness (QED) is 0.805. The molecule has 3 rings (SSSR count). The number of nitrogens with one attached hydrogen (secondary N) is 2. The van der Waals surface area contributed by atoms with E-state index in [1.54, 1.807) is 24.3 Å². The van der Waals surface area contributed by atoms with E-state index in [9.17, 15) is 9.59 Å². The molecule has 144 valence electrons. The van der Waals surface area contributed by atoms with E-state index in [4.69, 9.17) is 21.6 Å². The normalized spacial score (nSPS) is 18.2. The Morgan fingerprint density at radius 3 is 2.50 bits per heavy atom. The van der Waals surface area contributed by atoms with Gasteiger partial charge in [0.15, 0.2) is 0 Å². The first kappa shape index (κ1) is 19.6. The molecule has 0 radical (unpaired) electrons. The third kappa shape index (κ3) is 4.59. The number of carbonyl (C=O) groups is 2. The number of ether oxygens (including phenoxy) is 1. The van der Waals surface area contributed by atoms with Crippen LogP contribution in [0.4, 0.5) is 0 Å². The summed E-state index contributed by atoms with van der Waals surface area (Å²) in [7, 11) is 1.49. The molecule has 7 nitrogen and oxygen atoms in total. The molecule has 0 unspecified atom stereocenters. The minimum absolute atomic E-state index is 0.0412. The number of nitrogens with zero attached hydrogens (tertiary/aromatic N) is 2. The van der Waals surface area contributed by atoms with Gasteiger partial charge in [-0.2, -0.15) is 5.26 Å². The number of rotatable bonds is 5. The second kappa shape index (κ2) is 8.72. The Labute approximate surface area is 167 Å². The van der Waals surface area contributed by atoms with E-state index in [1.807, 2.05) is 6.07 Å². The maximum Gasteiger partial charge on any atom is 0.255 e. The van der Waals surface area contributed by atoms with Gasteiger partial charge in [0.05, 0.1) is 18.2 Å². The second-order valence-corrected chi connectivity index (χ2v) is 6.98. The standard InChI is InChI=1S/C20H19ClN4O3/c1-28-18-8-13(21)3-7-17(18)20(27)25-15-6-5-14(9-15)24-19(26)12-2-4-16(10-22)23-11-12/h2-4,7-8,11,14-15H,5-6,9H2,1H3,(H,24,26)(H,25,27)/t14-,15+/m0/s1. The van der Waals surface area contributed by atoms with Crippen LogP contribution in [0.1, 0.15) is 45.7 Å². The molecule has 0 bridgehead atoms. The summed E-state index contributed by atoms with van der Waals surface area (Å²) in [6, 6.07) is 9.77. The summed E-state index contributed by atoms with van der Waals surface area (Å²) in [6.07, 6.45) is 3.54. The summed E-state index contributed by atoms with van der Waals surface area (Å²) in [6.45, 7) is 0. The van der Waals surface area contributed by atoms with Crippen LogP contribution in [-0.2, 0) is 0 Å². The smallest absolute Gasteiger partial charge is 0.255 e. The van der Waals surface area contributed by atoms with Crippen LogP contribution in [0.5, 0.6) is 5.75 Å². The highest BCUT2D eigenvalue weighted by Gasteiger charge is 2.28. The van der Waals surface area contributed by atoms with Crippen molar-refractivity contribution < 1.29 is 14.3 Å². The van der Waals surface area contributed by atoms with Crippen LogP contribution in [0.2, 0.25) is 5.02 Å². The van der Waals surface area contributed by atoms with E-state index in [0.29, 0.717) is 28.3 Å². The number of halogens is 1. The first-order valence-electron chi connectivity index (χ1n) is 8.81. The van der Waals surface area contributed by atoms with Crippen molar-refractivity contribution in [2.45, 2.75) is 31.3 Å². The third-order valence-corrected chi connectivity index (χ3v) is 4.89. The van der Waals surface area contributed by atoms with Crippen LogP contribution >= 0.6 is 11.6 Å². The number of nitriles is 1. The number of carbonyl (C=O) groups excluding carboxylic acids is 2. The van der Waals surface area contributed by atoms with Crippen molar-refractivity contribution in [3.05, 3.63) is 58.4 Å². The highest BCUT2D eigenvalue weighted by Crippen LogP contribution is 2.25. The molecule has 1 aliphatic carbocycles. The highest BCUT2D eigenvalue weighted by molar-refractivity contribution is 6.30. The Morgan fingerprint density at radius 2 is 1.89 bits per heavy atom. The van der Waals surface area contributed by atoms with Gasteiger partial charge < -0.3 is 15.4 Å². The van der Waals surface area contributed by atoms with Gasteiger partial charge in [0.25, 0.3) is 11.8 Å². The molecule has 1 saturated carbocycles. The lowest BCUT2D eigenvalue weighted by Crippen LogP contribution is -2.37. The molecule has 2 N–H and O–H groups in total. The van der Waals surface area contributed by atoms with Gasteiger partial charge in [0.1, 0.15) is 17.5 Å². The van der Waals surface area contributed by atoms with Crippen LogP contribution in [0, 0.1) is 11.3 Å². The second-order valence-electron chi connectivity index (χ2n) is 6.54.